The molecule has 0 aromatic heterocycles. The SMILES string of the molecule is CCC(=O)OCC1c2cc(NC(=O)CCCC(=O)NCCOC)ccc2-c2ccc(NC(=O)CCCC(=O)NCCOC)cc21. The Labute approximate surface area is 263 Å². The number of methoxy groups -OCH3 is 2. The Morgan fingerprint density at radius 3 is 1.53 bits per heavy atom. The van der Waals surface area contributed by atoms with Crippen LogP contribution in [0.15, 0.2) is 36.4 Å². The van der Waals surface area contributed by atoms with E-state index in [1.807, 2.05) is 36.4 Å². The molecule has 0 saturated heterocycles. The minimum Gasteiger partial charge on any atom is -0.465 e. The maximum Gasteiger partial charge on any atom is 0.305 e. The van der Waals surface area contributed by atoms with Gasteiger partial charge in [0.15, 0.2) is 0 Å². The number of amides is 4. The summed E-state index contributed by atoms with van der Waals surface area (Å²) >= 11 is 0. The van der Waals surface area contributed by atoms with E-state index in [0.29, 0.717) is 50.5 Å². The highest BCUT2D eigenvalue weighted by Crippen LogP contribution is 2.47. The molecular weight excluding hydrogens is 580 g/mol. The average molecular weight is 625 g/mol. The fourth-order valence-electron chi connectivity index (χ4n) is 5.00. The Morgan fingerprint density at radius 2 is 1.11 bits per heavy atom. The average Bonchev–Trinajstić information content (AvgIpc) is 3.31. The lowest BCUT2D eigenvalue weighted by atomic mass is 9.97. The zero-order valence-electron chi connectivity index (χ0n) is 26.3. The topological polar surface area (TPSA) is 161 Å². The summed E-state index contributed by atoms with van der Waals surface area (Å²) in [6, 6.07) is 11.2. The predicted octanol–water partition coefficient (Wildman–Crippen LogP) is 3.49. The first-order valence-electron chi connectivity index (χ1n) is 15.3. The van der Waals surface area contributed by atoms with Gasteiger partial charge in [0.05, 0.1) is 13.2 Å². The minimum absolute atomic E-state index is 0.109. The Balaban J connectivity index is 1.64. The summed E-state index contributed by atoms with van der Waals surface area (Å²) in [5, 5.41) is 11.3. The Hall–Kier alpha value is -4.29. The van der Waals surface area contributed by atoms with Gasteiger partial charge in [-0.05, 0) is 59.4 Å². The third-order valence-corrected chi connectivity index (χ3v) is 7.28. The highest BCUT2D eigenvalue weighted by atomic mass is 16.5. The van der Waals surface area contributed by atoms with Gasteiger partial charge < -0.3 is 35.5 Å². The summed E-state index contributed by atoms with van der Waals surface area (Å²) < 4.78 is 15.4. The highest BCUT2D eigenvalue weighted by Gasteiger charge is 2.30. The second-order valence-corrected chi connectivity index (χ2v) is 10.7. The number of benzene rings is 2. The van der Waals surface area contributed by atoms with Crippen molar-refractivity contribution in [3.63, 3.8) is 0 Å². The summed E-state index contributed by atoms with van der Waals surface area (Å²) in [4.78, 5) is 61.1. The van der Waals surface area contributed by atoms with Crippen LogP contribution in [-0.4, -0.2) is 76.7 Å². The van der Waals surface area contributed by atoms with Crippen LogP contribution in [0.3, 0.4) is 0 Å². The van der Waals surface area contributed by atoms with Gasteiger partial charge in [0.1, 0.15) is 6.61 Å². The summed E-state index contributed by atoms with van der Waals surface area (Å²) in [7, 11) is 3.12. The van der Waals surface area contributed by atoms with Gasteiger partial charge in [-0.25, -0.2) is 0 Å². The van der Waals surface area contributed by atoms with Crippen molar-refractivity contribution in [3.8, 4) is 11.1 Å². The lowest BCUT2D eigenvalue weighted by Gasteiger charge is -2.16. The van der Waals surface area contributed by atoms with Gasteiger partial charge in [0.2, 0.25) is 23.6 Å². The van der Waals surface area contributed by atoms with Crippen LogP contribution in [0, 0.1) is 0 Å². The van der Waals surface area contributed by atoms with Crippen LogP contribution in [0.1, 0.15) is 68.9 Å². The van der Waals surface area contributed by atoms with E-state index in [9.17, 15) is 24.0 Å². The highest BCUT2D eigenvalue weighted by molar-refractivity contribution is 5.94. The first kappa shape index (κ1) is 35.2. The van der Waals surface area contributed by atoms with Crippen LogP contribution in [0.4, 0.5) is 11.4 Å². The minimum atomic E-state index is -0.323. The molecule has 1 aliphatic rings. The molecule has 244 valence electrons. The molecule has 1 aliphatic carbocycles. The van der Waals surface area contributed by atoms with E-state index in [-0.39, 0.29) is 74.2 Å². The number of anilines is 2. The van der Waals surface area contributed by atoms with E-state index in [1.165, 1.54) is 0 Å². The number of carbonyl (C=O) groups excluding carboxylic acids is 5. The molecule has 4 amide bonds. The molecule has 2 aromatic rings. The maximum absolute atomic E-state index is 12.6. The van der Waals surface area contributed by atoms with Crippen LogP contribution in [0.2, 0.25) is 0 Å². The summed E-state index contributed by atoms with van der Waals surface area (Å²) in [5.74, 6) is -1.29. The van der Waals surface area contributed by atoms with Crippen molar-refractivity contribution < 1.29 is 38.2 Å². The van der Waals surface area contributed by atoms with E-state index in [2.05, 4.69) is 21.3 Å². The molecular formula is C33H44N4O8. The second-order valence-electron chi connectivity index (χ2n) is 10.7. The molecule has 4 N–H and O–H groups in total. The molecule has 2 aromatic carbocycles. The Morgan fingerprint density at radius 1 is 0.667 bits per heavy atom. The van der Waals surface area contributed by atoms with Crippen LogP contribution in [0.5, 0.6) is 0 Å². The number of esters is 1. The van der Waals surface area contributed by atoms with Crippen molar-refractivity contribution >= 4 is 41.0 Å². The first-order chi connectivity index (χ1) is 21.7. The van der Waals surface area contributed by atoms with Crippen molar-refractivity contribution in [1.82, 2.24) is 10.6 Å². The number of hydrogen-bond acceptors (Lipinski definition) is 8. The van der Waals surface area contributed by atoms with E-state index >= 15 is 0 Å². The molecule has 0 aliphatic heterocycles. The molecule has 0 spiro atoms. The molecule has 0 radical (unpaired) electrons. The van der Waals surface area contributed by atoms with Crippen LogP contribution >= 0.6 is 0 Å². The van der Waals surface area contributed by atoms with Crippen LogP contribution in [-0.2, 0) is 38.2 Å². The molecule has 0 heterocycles. The number of fused-ring (bicyclic) bond motifs is 3. The normalized spacial score (nSPS) is 11.7. The molecule has 0 bridgehead atoms. The molecule has 0 atom stereocenters. The maximum atomic E-state index is 12.6. The van der Waals surface area contributed by atoms with Gasteiger partial charge in [0.25, 0.3) is 0 Å². The number of rotatable bonds is 19. The van der Waals surface area contributed by atoms with E-state index in [1.54, 1.807) is 21.1 Å². The van der Waals surface area contributed by atoms with E-state index in [4.69, 9.17) is 14.2 Å². The van der Waals surface area contributed by atoms with Crippen LogP contribution < -0.4 is 21.3 Å². The second kappa shape index (κ2) is 18.5. The Kier molecular flexibility index (Phi) is 14.5. The molecule has 45 heavy (non-hydrogen) atoms. The van der Waals surface area contributed by atoms with Gasteiger partial charge >= 0.3 is 5.97 Å². The molecule has 0 saturated carbocycles. The van der Waals surface area contributed by atoms with Crippen molar-refractivity contribution in [2.45, 2.75) is 57.8 Å². The monoisotopic (exact) mass is 624 g/mol. The van der Waals surface area contributed by atoms with E-state index < -0.39 is 0 Å². The van der Waals surface area contributed by atoms with Crippen molar-refractivity contribution in [2.24, 2.45) is 0 Å². The first-order valence-corrected chi connectivity index (χ1v) is 15.3. The standard InChI is InChI=1S/C33H44N4O8/c1-4-33(42)45-21-28-26-19-22(36-31(40)9-5-7-29(38)34-15-17-43-2)11-13-24(26)25-14-12-23(20-27(25)28)37-32(41)10-6-8-30(39)35-16-18-44-3/h11-14,19-20,28H,4-10,15-18,21H2,1-3H3,(H,34,38)(H,35,39)(H,36,40)(H,37,41). The van der Waals surface area contributed by atoms with Gasteiger partial charge in [-0.3, -0.25) is 24.0 Å². The zero-order valence-corrected chi connectivity index (χ0v) is 26.3. The quantitative estimate of drug-likeness (QED) is 0.136. The largest absolute Gasteiger partial charge is 0.465 e. The van der Waals surface area contributed by atoms with Crippen LogP contribution in [0.25, 0.3) is 11.1 Å². The van der Waals surface area contributed by atoms with Gasteiger partial charge in [-0.1, -0.05) is 19.1 Å². The third-order valence-electron chi connectivity index (χ3n) is 7.28. The number of nitrogens with one attached hydrogen (secondary N) is 4. The summed E-state index contributed by atoms with van der Waals surface area (Å²) in [6.45, 7) is 3.56. The lowest BCUT2D eigenvalue weighted by Crippen LogP contribution is -2.26. The van der Waals surface area contributed by atoms with Crippen molar-refractivity contribution in [3.05, 3.63) is 47.5 Å². The Bertz CT molecular complexity index is 1250. The molecule has 12 nitrogen and oxygen atoms in total. The summed E-state index contributed by atoms with van der Waals surface area (Å²) in [6.07, 6.45) is 1.92. The smallest absolute Gasteiger partial charge is 0.305 e. The molecule has 0 fully saturated rings. The third kappa shape index (κ3) is 11.3. The number of hydrogen-bond donors (Lipinski definition) is 4. The van der Waals surface area contributed by atoms with Crippen molar-refractivity contribution in [2.75, 3.05) is 57.8 Å². The molecule has 0 unspecified atom stereocenters. The summed E-state index contributed by atoms with van der Waals surface area (Å²) in [5.41, 5.74) is 4.89. The predicted molar refractivity (Wildman–Crippen MR) is 170 cm³/mol. The number of ether oxygens (including phenoxy) is 3. The molecule has 12 heteroatoms. The lowest BCUT2D eigenvalue weighted by molar-refractivity contribution is -0.143. The van der Waals surface area contributed by atoms with E-state index in [0.717, 1.165) is 22.3 Å². The van der Waals surface area contributed by atoms with Crippen molar-refractivity contribution in [1.29, 1.82) is 0 Å². The van der Waals surface area contributed by atoms with Gasteiger partial charge in [0, 0.05) is 76.7 Å². The molecule has 3 rings (SSSR count). The number of carbonyl (C=O) groups is 5. The fraction of sp³-hybridized carbons (Fsp3) is 0.485. The van der Waals surface area contributed by atoms with Gasteiger partial charge in [-0.15, -0.1) is 0 Å². The van der Waals surface area contributed by atoms with Gasteiger partial charge in [-0.2, -0.15) is 0 Å². The zero-order chi connectivity index (χ0) is 32.6. The fourth-order valence-corrected chi connectivity index (χ4v) is 5.00.